The van der Waals surface area contributed by atoms with Gasteiger partial charge in [-0.05, 0) is 18.2 Å². The SMILES string of the molecule is CC(C)C(O)Oc1c2c(c(OC(O)C(C)C)c3cc(Cl)ccc13)OCCO2. The Bertz CT molecular complexity index is 820. The first kappa shape index (κ1) is 19.9. The maximum Gasteiger partial charge on any atom is 0.208 e. The van der Waals surface area contributed by atoms with Gasteiger partial charge in [0.05, 0.1) is 0 Å². The lowest BCUT2D eigenvalue weighted by Crippen LogP contribution is -2.26. The largest absolute Gasteiger partial charge is 0.483 e. The molecule has 0 radical (unpaired) electrons. The minimum atomic E-state index is -1.03. The molecule has 1 aliphatic rings. The molecule has 1 heterocycles. The van der Waals surface area contributed by atoms with E-state index in [-0.39, 0.29) is 11.8 Å². The van der Waals surface area contributed by atoms with Crippen molar-refractivity contribution in [1.82, 2.24) is 0 Å². The molecular weight excluding hydrogens is 372 g/mol. The Labute approximate surface area is 163 Å². The van der Waals surface area contributed by atoms with E-state index in [1.807, 2.05) is 27.7 Å². The Morgan fingerprint density at radius 1 is 0.852 bits per heavy atom. The van der Waals surface area contributed by atoms with Crippen LogP contribution in [-0.2, 0) is 0 Å². The van der Waals surface area contributed by atoms with E-state index >= 15 is 0 Å². The van der Waals surface area contributed by atoms with Crippen LogP contribution in [0.2, 0.25) is 5.02 Å². The van der Waals surface area contributed by atoms with Crippen LogP contribution in [0.1, 0.15) is 27.7 Å². The smallest absolute Gasteiger partial charge is 0.208 e. The molecule has 27 heavy (non-hydrogen) atoms. The lowest BCUT2D eigenvalue weighted by Gasteiger charge is -2.28. The van der Waals surface area contributed by atoms with Crippen molar-refractivity contribution in [3.63, 3.8) is 0 Å². The fourth-order valence-electron chi connectivity index (χ4n) is 2.65. The molecule has 0 bridgehead atoms. The topological polar surface area (TPSA) is 77.4 Å². The summed E-state index contributed by atoms with van der Waals surface area (Å²) >= 11 is 6.20. The number of hydrogen-bond donors (Lipinski definition) is 2. The third-order valence-corrected chi connectivity index (χ3v) is 4.52. The summed E-state index contributed by atoms with van der Waals surface area (Å²) in [7, 11) is 0. The second-order valence-corrected chi connectivity index (χ2v) is 7.64. The first-order chi connectivity index (χ1) is 12.8. The summed E-state index contributed by atoms with van der Waals surface area (Å²) in [6, 6.07) is 5.20. The zero-order valence-electron chi connectivity index (χ0n) is 15.9. The number of aliphatic hydroxyl groups excluding tert-OH is 2. The monoisotopic (exact) mass is 396 g/mol. The van der Waals surface area contributed by atoms with Crippen LogP contribution in [0, 0.1) is 11.8 Å². The van der Waals surface area contributed by atoms with Crippen LogP contribution in [-0.4, -0.2) is 36.0 Å². The summed E-state index contributed by atoms with van der Waals surface area (Å²) in [6.07, 6.45) is -2.05. The molecule has 148 valence electrons. The van der Waals surface area contributed by atoms with Gasteiger partial charge in [0, 0.05) is 27.6 Å². The fraction of sp³-hybridized carbons (Fsp3) is 0.500. The molecule has 0 aliphatic carbocycles. The van der Waals surface area contributed by atoms with E-state index in [0.29, 0.717) is 52.0 Å². The number of aliphatic hydroxyl groups is 2. The Balaban J connectivity index is 2.24. The minimum Gasteiger partial charge on any atom is -0.483 e. The van der Waals surface area contributed by atoms with Crippen LogP contribution in [0.3, 0.4) is 0 Å². The number of rotatable bonds is 6. The van der Waals surface area contributed by atoms with Crippen molar-refractivity contribution in [3.05, 3.63) is 23.2 Å². The van der Waals surface area contributed by atoms with Crippen molar-refractivity contribution in [2.75, 3.05) is 13.2 Å². The van der Waals surface area contributed by atoms with E-state index < -0.39 is 12.6 Å². The Morgan fingerprint density at radius 3 is 1.81 bits per heavy atom. The van der Waals surface area contributed by atoms with Gasteiger partial charge in [-0.1, -0.05) is 39.3 Å². The van der Waals surface area contributed by atoms with Crippen LogP contribution in [0.25, 0.3) is 10.8 Å². The van der Waals surface area contributed by atoms with E-state index in [9.17, 15) is 10.2 Å². The van der Waals surface area contributed by atoms with Gasteiger partial charge in [0.25, 0.3) is 0 Å². The predicted octanol–water partition coefficient (Wildman–Crippen LogP) is 3.97. The van der Waals surface area contributed by atoms with Gasteiger partial charge in [-0.3, -0.25) is 0 Å². The van der Waals surface area contributed by atoms with Gasteiger partial charge in [-0.15, -0.1) is 0 Å². The second kappa shape index (κ2) is 8.00. The summed E-state index contributed by atoms with van der Waals surface area (Å²) in [4.78, 5) is 0. The molecule has 2 aromatic rings. The first-order valence-corrected chi connectivity index (χ1v) is 9.41. The van der Waals surface area contributed by atoms with E-state index in [4.69, 9.17) is 30.5 Å². The molecule has 0 saturated carbocycles. The molecule has 2 unspecified atom stereocenters. The van der Waals surface area contributed by atoms with Crippen LogP contribution in [0.5, 0.6) is 23.0 Å². The van der Waals surface area contributed by atoms with Crippen molar-refractivity contribution in [2.24, 2.45) is 11.8 Å². The molecule has 6 nitrogen and oxygen atoms in total. The van der Waals surface area contributed by atoms with Crippen molar-refractivity contribution in [3.8, 4) is 23.0 Å². The molecule has 0 aromatic heterocycles. The van der Waals surface area contributed by atoms with Gasteiger partial charge < -0.3 is 29.2 Å². The lowest BCUT2D eigenvalue weighted by molar-refractivity contribution is -0.0564. The molecule has 0 saturated heterocycles. The molecule has 3 rings (SSSR count). The molecule has 2 aromatic carbocycles. The number of halogens is 1. The van der Waals surface area contributed by atoms with Gasteiger partial charge >= 0.3 is 0 Å². The van der Waals surface area contributed by atoms with Crippen LogP contribution < -0.4 is 18.9 Å². The number of ether oxygens (including phenoxy) is 4. The highest BCUT2D eigenvalue weighted by Gasteiger charge is 2.30. The molecule has 0 amide bonds. The highest BCUT2D eigenvalue weighted by Crippen LogP contribution is 2.53. The maximum atomic E-state index is 10.3. The predicted molar refractivity (Wildman–Crippen MR) is 103 cm³/mol. The van der Waals surface area contributed by atoms with Crippen LogP contribution >= 0.6 is 11.6 Å². The third-order valence-electron chi connectivity index (χ3n) is 4.28. The summed E-state index contributed by atoms with van der Waals surface area (Å²) < 4.78 is 23.2. The molecule has 1 aliphatic heterocycles. The summed E-state index contributed by atoms with van der Waals surface area (Å²) in [5.74, 6) is 1.14. The normalized spacial score (nSPS) is 15.9. The zero-order chi connectivity index (χ0) is 19.7. The quantitative estimate of drug-likeness (QED) is 0.719. The summed E-state index contributed by atoms with van der Waals surface area (Å²) in [5.41, 5.74) is 0. The van der Waals surface area contributed by atoms with Gasteiger partial charge in [-0.2, -0.15) is 0 Å². The molecule has 2 atom stereocenters. The number of benzene rings is 2. The zero-order valence-corrected chi connectivity index (χ0v) is 16.6. The summed E-state index contributed by atoms with van der Waals surface area (Å²) in [6.45, 7) is 8.07. The van der Waals surface area contributed by atoms with Crippen molar-refractivity contribution in [1.29, 1.82) is 0 Å². The van der Waals surface area contributed by atoms with Crippen molar-refractivity contribution in [2.45, 2.75) is 40.3 Å². The summed E-state index contributed by atoms with van der Waals surface area (Å²) in [5, 5.41) is 22.3. The molecule has 7 heteroatoms. The van der Waals surface area contributed by atoms with Gasteiger partial charge in [-0.25, -0.2) is 0 Å². The highest BCUT2D eigenvalue weighted by atomic mass is 35.5. The standard InChI is InChI=1S/C20H25ClO6/c1-10(2)19(22)26-15-13-6-5-12(21)9-14(13)16(27-20(23)11(3)4)18-17(15)24-7-8-25-18/h5-6,9-11,19-20,22-23H,7-8H2,1-4H3. The number of fused-ring (bicyclic) bond motifs is 2. The molecular formula is C20H25ClO6. The fourth-order valence-corrected chi connectivity index (χ4v) is 2.82. The van der Waals surface area contributed by atoms with E-state index in [0.717, 1.165) is 0 Å². The Morgan fingerprint density at radius 2 is 1.33 bits per heavy atom. The molecule has 0 fully saturated rings. The number of hydrogen-bond acceptors (Lipinski definition) is 6. The first-order valence-electron chi connectivity index (χ1n) is 9.03. The molecule has 0 spiro atoms. The van der Waals surface area contributed by atoms with E-state index in [1.54, 1.807) is 18.2 Å². The molecule has 2 N–H and O–H groups in total. The maximum absolute atomic E-state index is 10.3. The second-order valence-electron chi connectivity index (χ2n) is 7.21. The van der Waals surface area contributed by atoms with Crippen molar-refractivity contribution >= 4 is 22.4 Å². The van der Waals surface area contributed by atoms with Gasteiger partial charge in [0.15, 0.2) is 24.1 Å². The third kappa shape index (κ3) is 4.03. The van der Waals surface area contributed by atoms with Crippen molar-refractivity contribution < 1.29 is 29.2 Å². The van der Waals surface area contributed by atoms with E-state index in [2.05, 4.69) is 0 Å². The highest BCUT2D eigenvalue weighted by molar-refractivity contribution is 6.31. The van der Waals surface area contributed by atoms with Gasteiger partial charge in [0.1, 0.15) is 13.2 Å². The van der Waals surface area contributed by atoms with Crippen LogP contribution in [0.15, 0.2) is 18.2 Å². The van der Waals surface area contributed by atoms with Gasteiger partial charge in [0.2, 0.25) is 11.5 Å². The lowest BCUT2D eigenvalue weighted by atomic mass is 10.1. The average molecular weight is 397 g/mol. The van der Waals surface area contributed by atoms with E-state index in [1.165, 1.54) is 0 Å². The Kier molecular flexibility index (Phi) is 5.89. The van der Waals surface area contributed by atoms with Crippen LogP contribution in [0.4, 0.5) is 0 Å². The average Bonchev–Trinajstić information content (AvgIpc) is 2.63. The minimum absolute atomic E-state index is 0.119. The Hall–Kier alpha value is -1.89.